The van der Waals surface area contributed by atoms with E-state index in [9.17, 15) is 0 Å². The van der Waals surface area contributed by atoms with Crippen molar-refractivity contribution in [2.24, 2.45) is 5.73 Å². The zero-order valence-electron chi connectivity index (χ0n) is 18.7. The smallest absolute Gasteiger partial charge is 0.165 e. The molecule has 1 saturated carbocycles. The fraction of sp³-hybridized carbons (Fsp3) is 0.222. The zero-order valence-corrected chi connectivity index (χ0v) is 18.7. The Hall–Kier alpha value is -3.61. The average molecular weight is 436 g/mol. The van der Waals surface area contributed by atoms with Crippen LogP contribution in [0.2, 0.25) is 0 Å². The summed E-state index contributed by atoms with van der Waals surface area (Å²) in [4.78, 5) is 9.70. The number of fused-ring (bicyclic) bond motifs is 3. The van der Waals surface area contributed by atoms with E-state index in [-0.39, 0.29) is 11.6 Å². The van der Waals surface area contributed by atoms with Crippen LogP contribution in [0.5, 0.6) is 0 Å². The largest absolute Gasteiger partial charge is 0.381 e. The second-order valence-corrected chi connectivity index (χ2v) is 8.98. The first-order valence-corrected chi connectivity index (χ1v) is 11.2. The Labute approximate surface area is 192 Å². The molecule has 6 heteroatoms. The van der Waals surface area contributed by atoms with Crippen molar-refractivity contribution in [1.29, 1.82) is 0 Å². The third-order valence-corrected chi connectivity index (χ3v) is 6.72. The first kappa shape index (κ1) is 20.0. The van der Waals surface area contributed by atoms with Crippen molar-refractivity contribution in [2.45, 2.75) is 31.4 Å². The van der Waals surface area contributed by atoms with Gasteiger partial charge in [0.25, 0.3) is 0 Å². The second-order valence-electron chi connectivity index (χ2n) is 8.98. The molecule has 0 radical (unpaired) electrons. The van der Waals surface area contributed by atoms with Gasteiger partial charge < -0.3 is 10.5 Å². The molecule has 164 valence electrons. The summed E-state index contributed by atoms with van der Waals surface area (Å²) in [7, 11) is 1.75. The van der Waals surface area contributed by atoms with Crippen LogP contribution in [-0.2, 0) is 10.3 Å². The number of nitrogens with zero attached hydrogens (tertiary/aromatic N) is 4. The maximum Gasteiger partial charge on any atom is 0.165 e. The van der Waals surface area contributed by atoms with Crippen molar-refractivity contribution in [2.75, 3.05) is 7.11 Å². The van der Waals surface area contributed by atoms with Gasteiger partial charge in [0, 0.05) is 41.4 Å². The molecular formula is C27H25N5O. The monoisotopic (exact) mass is 435 g/mol. The van der Waals surface area contributed by atoms with Gasteiger partial charge in [0.15, 0.2) is 11.3 Å². The Morgan fingerprint density at radius 3 is 2.48 bits per heavy atom. The summed E-state index contributed by atoms with van der Waals surface area (Å²) in [6.45, 7) is 1.97. The summed E-state index contributed by atoms with van der Waals surface area (Å²) in [5.74, 6) is 0. The Balaban J connectivity index is 1.52. The van der Waals surface area contributed by atoms with E-state index in [4.69, 9.17) is 15.5 Å². The van der Waals surface area contributed by atoms with Crippen LogP contribution in [0, 0.1) is 6.92 Å². The Kier molecular flexibility index (Phi) is 4.54. The molecule has 0 spiro atoms. The van der Waals surface area contributed by atoms with Gasteiger partial charge in [-0.25, -0.2) is 9.97 Å². The maximum atomic E-state index is 6.62. The number of rotatable bonds is 4. The van der Waals surface area contributed by atoms with E-state index in [0.29, 0.717) is 0 Å². The lowest BCUT2D eigenvalue weighted by Gasteiger charge is -2.44. The van der Waals surface area contributed by atoms with Gasteiger partial charge in [-0.1, -0.05) is 54.6 Å². The molecule has 1 aliphatic rings. The van der Waals surface area contributed by atoms with Crippen molar-refractivity contribution in [1.82, 2.24) is 19.6 Å². The van der Waals surface area contributed by atoms with E-state index < -0.39 is 0 Å². The first-order chi connectivity index (χ1) is 16.0. The van der Waals surface area contributed by atoms with Crippen molar-refractivity contribution in [3.8, 4) is 22.4 Å². The molecule has 3 aromatic heterocycles. The Morgan fingerprint density at radius 2 is 1.76 bits per heavy atom. The molecule has 6 nitrogen and oxygen atoms in total. The van der Waals surface area contributed by atoms with Gasteiger partial charge in [-0.3, -0.25) is 0 Å². The normalized spacial score (nSPS) is 20.3. The lowest BCUT2D eigenvalue weighted by molar-refractivity contribution is -0.0161. The Morgan fingerprint density at radius 1 is 1.00 bits per heavy atom. The van der Waals surface area contributed by atoms with E-state index in [1.165, 1.54) is 0 Å². The van der Waals surface area contributed by atoms with Crippen LogP contribution in [0.15, 0.2) is 72.9 Å². The Bertz CT molecular complexity index is 1470. The van der Waals surface area contributed by atoms with E-state index >= 15 is 0 Å². The minimum absolute atomic E-state index is 0.245. The third kappa shape index (κ3) is 3.30. The second kappa shape index (κ2) is 7.47. The minimum atomic E-state index is -0.317. The minimum Gasteiger partial charge on any atom is -0.381 e. The van der Waals surface area contributed by atoms with Gasteiger partial charge in [0.2, 0.25) is 0 Å². The molecule has 0 saturated heterocycles. The predicted molar refractivity (Wildman–Crippen MR) is 130 cm³/mol. The molecular weight excluding hydrogens is 410 g/mol. The SMILES string of the molecule is COC1CC(N)(c2ccc(-c3nc4c(cnc5cc(C)nn54)cc3-c3ccccc3)cc2)C1. The van der Waals surface area contributed by atoms with Crippen molar-refractivity contribution in [3.05, 3.63) is 84.2 Å². The zero-order chi connectivity index (χ0) is 22.6. The van der Waals surface area contributed by atoms with Crippen LogP contribution in [0.4, 0.5) is 0 Å². The number of hydrogen-bond donors (Lipinski definition) is 1. The number of benzene rings is 2. The highest BCUT2D eigenvalue weighted by Gasteiger charge is 2.42. The van der Waals surface area contributed by atoms with Crippen molar-refractivity contribution in [3.63, 3.8) is 0 Å². The quantitative estimate of drug-likeness (QED) is 0.435. The summed E-state index contributed by atoms with van der Waals surface area (Å²) in [6, 6.07) is 23.0. The van der Waals surface area contributed by atoms with Crippen LogP contribution in [-0.4, -0.2) is 32.8 Å². The van der Waals surface area contributed by atoms with Gasteiger partial charge in [-0.05, 0) is 37.0 Å². The van der Waals surface area contributed by atoms with Gasteiger partial charge in [-0.2, -0.15) is 9.61 Å². The molecule has 0 amide bonds. The maximum absolute atomic E-state index is 6.62. The molecule has 3 heterocycles. The number of nitrogens with two attached hydrogens (primary N) is 1. The van der Waals surface area contributed by atoms with Crippen LogP contribution >= 0.6 is 0 Å². The topological polar surface area (TPSA) is 78.3 Å². The number of aryl methyl sites for hydroxylation is 1. The molecule has 1 aliphatic carbocycles. The number of pyridine rings is 1. The number of aromatic nitrogens is 4. The van der Waals surface area contributed by atoms with Crippen molar-refractivity contribution < 1.29 is 4.74 Å². The van der Waals surface area contributed by atoms with Crippen molar-refractivity contribution >= 4 is 16.7 Å². The van der Waals surface area contributed by atoms with Gasteiger partial charge in [0.1, 0.15) is 0 Å². The summed E-state index contributed by atoms with van der Waals surface area (Å²) in [5, 5.41) is 5.57. The fourth-order valence-electron chi connectivity index (χ4n) is 4.83. The first-order valence-electron chi connectivity index (χ1n) is 11.2. The van der Waals surface area contributed by atoms with E-state index in [1.807, 2.05) is 41.9 Å². The van der Waals surface area contributed by atoms with Gasteiger partial charge >= 0.3 is 0 Å². The van der Waals surface area contributed by atoms with E-state index in [2.05, 4.69) is 52.5 Å². The molecule has 2 aromatic carbocycles. The molecule has 0 unspecified atom stereocenters. The number of hydrogen-bond acceptors (Lipinski definition) is 5. The predicted octanol–water partition coefficient (Wildman–Crippen LogP) is 4.88. The number of ether oxygens (including phenoxy) is 1. The van der Waals surface area contributed by atoms with Gasteiger partial charge in [0.05, 0.1) is 17.5 Å². The fourth-order valence-corrected chi connectivity index (χ4v) is 4.83. The molecule has 6 rings (SSSR count). The molecule has 0 atom stereocenters. The highest BCUT2D eigenvalue weighted by atomic mass is 16.5. The lowest BCUT2D eigenvalue weighted by atomic mass is 9.70. The summed E-state index contributed by atoms with van der Waals surface area (Å²) >= 11 is 0. The van der Waals surface area contributed by atoms with Crippen LogP contribution < -0.4 is 5.73 Å². The third-order valence-electron chi connectivity index (χ3n) is 6.72. The standard InChI is InChI=1S/C27H25N5O/c1-17-12-24-29-16-20-13-23(18-6-4-3-5-7-18)25(30-26(20)32(24)31-17)19-8-10-21(11-9-19)27(28)14-22(15-27)33-2/h3-13,16,22H,14-15,28H2,1-2H3. The van der Waals surface area contributed by atoms with E-state index in [1.54, 1.807) is 7.11 Å². The molecule has 33 heavy (non-hydrogen) atoms. The summed E-state index contributed by atoms with van der Waals surface area (Å²) in [6.07, 6.45) is 3.81. The summed E-state index contributed by atoms with van der Waals surface area (Å²) in [5.41, 5.74) is 14.1. The number of methoxy groups -OCH3 is 1. The molecule has 2 N–H and O–H groups in total. The van der Waals surface area contributed by atoms with Crippen LogP contribution in [0.1, 0.15) is 24.1 Å². The van der Waals surface area contributed by atoms with E-state index in [0.717, 1.165) is 63.2 Å². The highest BCUT2D eigenvalue weighted by Crippen LogP contribution is 2.41. The van der Waals surface area contributed by atoms with Crippen LogP contribution in [0.3, 0.4) is 0 Å². The van der Waals surface area contributed by atoms with Gasteiger partial charge in [-0.15, -0.1) is 0 Å². The summed E-state index contributed by atoms with van der Waals surface area (Å²) < 4.78 is 7.26. The van der Waals surface area contributed by atoms with Crippen LogP contribution in [0.25, 0.3) is 39.1 Å². The molecule has 0 bridgehead atoms. The lowest BCUT2D eigenvalue weighted by Crippen LogP contribution is -2.52. The molecule has 0 aliphatic heterocycles. The highest BCUT2D eigenvalue weighted by molar-refractivity contribution is 5.90. The average Bonchev–Trinajstić information content (AvgIpc) is 3.22. The molecule has 5 aromatic rings. The molecule has 1 fully saturated rings.